The molecule has 0 bridgehead atoms. The molecule has 3 aromatic rings. The van der Waals surface area contributed by atoms with Crippen LogP contribution in [0.25, 0.3) is 0 Å². The van der Waals surface area contributed by atoms with Gasteiger partial charge in [-0.15, -0.1) is 11.8 Å². The van der Waals surface area contributed by atoms with Crippen LogP contribution in [0.3, 0.4) is 0 Å². The van der Waals surface area contributed by atoms with Crippen molar-refractivity contribution >= 4 is 35.2 Å². The van der Waals surface area contributed by atoms with Crippen molar-refractivity contribution in [2.45, 2.75) is 28.6 Å². The number of benzene rings is 3. The summed E-state index contributed by atoms with van der Waals surface area (Å²) in [7, 11) is 0. The van der Waals surface area contributed by atoms with Gasteiger partial charge in [0.1, 0.15) is 6.04 Å². The van der Waals surface area contributed by atoms with Crippen molar-refractivity contribution < 1.29 is 19.5 Å². The Morgan fingerprint density at radius 3 is 2.19 bits per heavy atom. The van der Waals surface area contributed by atoms with E-state index in [1.165, 1.54) is 0 Å². The van der Waals surface area contributed by atoms with Crippen LogP contribution in [0.2, 0.25) is 0 Å². The average Bonchev–Trinajstić information content (AvgIpc) is 3.36. The third-order valence-corrected chi connectivity index (χ3v) is 10.9. The van der Waals surface area contributed by atoms with Gasteiger partial charge in [-0.25, -0.2) is 0 Å². The van der Waals surface area contributed by atoms with Crippen molar-refractivity contribution in [3.8, 4) is 0 Å². The average molecular weight is 592 g/mol. The number of amides is 3. The molecule has 0 aromatic heterocycles. The van der Waals surface area contributed by atoms with Gasteiger partial charge in [0.25, 0.3) is 0 Å². The molecule has 8 heteroatoms. The maximum absolute atomic E-state index is 14.8. The molecule has 0 radical (unpaired) electrons. The molecular weight excluding hydrogens is 558 g/mol. The number of anilines is 1. The van der Waals surface area contributed by atoms with Crippen LogP contribution in [0.1, 0.15) is 17.2 Å². The Hall–Kier alpha value is -4.14. The van der Waals surface area contributed by atoms with Crippen LogP contribution in [0.5, 0.6) is 0 Å². The number of hydrogen-bond acceptors (Lipinski definition) is 5. The maximum atomic E-state index is 14.8. The molecule has 0 aliphatic carbocycles. The number of fused-ring (bicyclic) bond motifs is 2. The van der Waals surface area contributed by atoms with Crippen molar-refractivity contribution in [1.82, 2.24) is 9.80 Å². The minimum Gasteiger partial charge on any atom is -0.394 e. The number of likely N-dealkylation sites (tertiary alicyclic amines) is 1. The molecule has 1 N–H and O–H groups in total. The Bertz CT molecular complexity index is 1580. The number of carbonyl (C=O) groups excluding carboxylic acids is 3. The fourth-order valence-electron chi connectivity index (χ4n) is 7.27. The summed E-state index contributed by atoms with van der Waals surface area (Å²) in [5, 5.41) is 10.5. The van der Waals surface area contributed by atoms with Gasteiger partial charge in [-0.2, -0.15) is 0 Å². The highest BCUT2D eigenvalue weighted by atomic mass is 32.2. The first-order valence-corrected chi connectivity index (χ1v) is 15.6. The van der Waals surface area contributed by atoms with Crippen LogP contribution in [0.15, 0.2) is 115 Å². The van der Waals surface area contributed by atoms with Gasteiger partial charge in [0.05, 0.1) is 29.2 Å². The highest BCUT2D eigenvalue weighted by molar-refractivity contribution is 8.02. The molecule has 218 valence electrons. The molecule has 1 spiro atoms. The van der Waals surface area contributed by atoms with Gasteiger partial charge in [0.2, 0.25) is 17.7 Å². The van der Waals surface area contributed by atoms with E-state index in [0.717, 1.165) is 16.8 Å². The predicted molar refractivity (Wildman–Crippen MR) is 167 cm³/mol. The van der Waals surface area contributed by atoms with Crippen molar-refractivity contribution in [1.29, 1.82) is 0 Å². The molecule has 6 atom stereocenters. The number of carbonyl (C=O) groups is 3. The monoisotopic (exact) mass is 591 g/mol. The Balaban J connectivity index is 1.34. The number of para-hydroxylation sites is 1. The van der Waals surface area contributed by atoms with Gasteiger partial charge >= 0.3 is 0 Å². The van der Waals surface area contributed by atoms with E-state index in [-0.39, 0.29) is 29.6 Å². The molecule has 7 nitrogen and oxygen atoms in total. The lowest BCUT2D eigenvalue weighted by molar-refractivity contribution is -0.146. The standard InChI is InChI=1S/C35H33N3O4S/c39-23-27(25-14-6-2-7-15-25)38-31-34(42)36(22-24-12-4-1-5-13-24)20-11-19-35(31)30(33(38)41)29-28(43-35)18-10-21-37(32(29)40)26-16-8-3-9-17-26/h1-19,27-31,39H,20-23H2/t27-,28-,29+,30+,31?,35+/m1/s1. The van der Waals surface area contributed by atoms with Crippen molar-refractivity contribution in [3.05, 3.63) is 126 Å². The first-order chi connectivity index (χ1) is 21.0. The molecule has 4 heterocycles. The van der Waals surface area contributed by atoms with E-state index < -0.39 is 28.7 Å². The summed E-state index contributed by atoms with van der Waals surface area (Å²) >= 11 is 1.55. The van der Waals surface area contributed by atoms with E-state index >= 15 is 0 Å². The lowest BCUT2D eigenvalue weighted by Crippen LogP contribution is -2.54. The van der Waals surface area contributed by atoms with Crippen LogP contribution in [0.4, 0.5) is 5.69 Å². The molecule has 2 fully saturated rings. The zero-order valence-corrected chi connectivity index (χ0v) is 24.4. The maximum Gasteiger partial charge on any atom is 0.247 e. The molecule has 7 rings (SSSR count). The lowest BCUT2D eigenvalue weighted by atomic mass is 9.78. The molecule has 3 aromatic carbocycles. The van der Waals surface area contributed by atoms with Crippen LogP contribution < -0.4 is 4.90 Å². The summed E-state index contributed by atoms with van der Waals surface area (Å²) in [6, 6.07) is 27.1. The van der Waals surface area contributed by atoms with Crippen molar-refractivity contribution in [2.24, 2.45) is 11.8 Å². The number of aliphatic hydroxyl groups is 1. The van der Waals surface area contributed by atoms with E-state index in [9.17, 15) is 19.5 Å². The van der Waals surface area contributed by atoms with Gasteiger partial charge in [-0.1, -0.05) is 103 Å². The first-order valence-electron chi connectivity index (χ1n) is 14.7. The Morgan fingerprint density at radius 1 is 0.814 bits per heavy atom. The second-order valence-electron chi connectivity index (χ2n) is 11.5. The van der Waals surface area contributed by atoms with Crippen LogP contribution >= 0.6 is 11.8 Å². The minimum atomic E-state index is -0.961. The van der Waals surface area contributed by atoms with Crippen LogP contribution in [-0.2, 0) is 20.9 Å². The minimum absolute atomic E-state index is 0.115. The van der Waals surface area contributed by atoms with Gasteiger partial charge in [0, 0.05) is 30.6 Å². The zero-order chi connectivity index (χ0) is 29.6. The van der Waals surface area contributed by atoms with Crippen molar-refractivity contribution in [2.75, 3.05) is 24.6 Å². The largest absolute Gasteiger partial charge is 0.394 e. The number of aliphatic hydroxyl groups excluding tert-OH is 1. The summed E-state index contributed by atoms with van der Waals surface area (Å²) < 4.78 is -0.961. The first kappa shape index (κ1) is 27.7. The zero-order valence-electron chi connectivity index (χ0n) is 23.6. The fourth-order valence-corrected chi connectivity index (χ4v) is 9.27. The van der Waals surface area contributed by atoms with Gasteiger partial charge in [-0.3, -0.25) is 14.4 Å². The second-order valence-corrected chi connectivity index (χ2v) is 13.0. The molecule has 2 saturated heterocycles. The molecule has 1 unspecified atom stereocenters. The smallest absolute Gasteiger partial charge is 0.247 e. The summed E-state index contributed by atoms with van der Waals surface area (Å²) in [6.45, 7) is 0.871. The van der Waals surface area contributed by atoms with Gasteiger partial charge in [-0.05, 0) is 23.3 Å². The van der Waals surface area contributed by atoms with Crippen LogP contribution in [-0.4, -0.2) is 68.4 Å². The second kappa shape index (κ2) is 11.2. The number of thioether (sulfide) groups is 1. The van der Waals surface area contributed by atoms with Crippen molar-refractivity contribution in [3.63, 3.8) is 0 Å². The van der Waals surface area contributed by atoms with E-state index in [2.05, 4.69) is 0 Å². The normalized spacial score (nSPS) is 28.8. The summed E-state index contributed by atoms with van der Waals surface area (Å²) in [5.74, 6) is -1.96. The van der Waals surface area contributed by atoms with E-state index in [1.807, 2.05) is 115 Å². The third-order valence-electron chi connectivity index (χ3n) is 9.16. The Morgan fingerprint density at radius 2 is 1.49 bits per heavy atom. The predicted octanol–water partition coefficient (Wildman–Crippen LogP) is 4.22. The van der Waals surface area contributed by atoms with E-state index in [1.54, 1.807) is 26.5 Å². The van der Waals surface area contributed by atoms with Crippen LogP contribution in [0, 0.1) is 11.8 Å². The van der Waals surface area contributed by atoms with E-state index in [4.69, 9.17) is 0 Å². The summed E-state index contributed by atoms with van der Waals surface area (Å²) in [6.07, 6.45) is 8.06. The Labute approximate surface area is 255 Å². The highest BCUT2D eigenvalue weighted by Crippen LogP contribution is 2.62. The summed E-state index contributed by atoms with van der Waals surface area (Å²) in [5.41, 5.74) is 2.53. The van der Waals surface area contributed by atoms with Gasteiger partial charge in [0.15, 0.2) is 0 Å². The number of hydrogen-bond donors (Lipinski definition) is 1. The number of rotatable bonds is 6. The fraction of sp³-hybridized carbons (Fsp3) is 0.286. The molecule has 43 heavy (non-hydrogen) atoms. The van der Waals surface area contributed by atoms with Gasteiger partial charge < -0.3 is 19.8 Å². The molecule has 0 saturated carbocycles. The SMILES string of the molecule is O=C1C2N([C@H](CO)c3ccccc3)C(=O)[C@@H]3[C@H]4C(=O)N(c5ccccc5)CC=C[C@H]4S[C@]23C=CCN1Cc1ccccc1. The molecule has 3 amide bonds. The Kier molecular flexibility index (Phi) is 7.19. The highest BCUT2D eigenvalue weighted by Gasteiger charge is 2.71. The molecular formula is C35H33N3O4S. The quantitative estimate of drug-likeness (QED) is 0.435. The lowest BCUT2D eigenvalue weighted by Gasteiger charge is -2.38. The summed E-state index contributed by atoms with van der Waals surface area (Å²) in [4.78, 5) is 49.1. The number of nitrogens with zero attached hydrogens (tertiary/aromatic N) is 3. The topological polar surface area (TPSA) is 81.2 Å². The van der Waals surface area contributed by atoms with E-state index in [0.29, 0.717) is 19.6 Å². The molecule has 4 aliphatic heterocycles. The third kappa shape index (κ3) is 4.51. The molecule has 4 aliphatic rings.